The summed E-state index contributed by atoms with van der Waals surface area (Å²) >= 11 is 0. The Morgan fingerprint density at radius 1 is 0.491 bits per heavy atom. The van der Waals surface area contributed by atoms with Gasteiger partial charge in [-0.05, 0) is 70.3 Å². The number of ether oxygens (including phenoxy) is 2. The van der Waals surface area contributed by atoms with E-state index in [9.17, 15) is 0 Å². The molecular formula is C48H32N4O3. The van der Waals surface area contributed by atoms with Crippen molar-refractivity contribution in [2.45, 2.75) is 12.5 Å². The van der Waals surface area contributed by atoms with Gasteiger partial charge in [-0.25, -0.2) is 0 Å². The van der Waals surface area contributed by atoms with Gasteiger partial charge in [0.15, 0.2) is 11.3 Å². The molecule has 10 rings (SSSR count). The van der Waals surface area contributed by atoms with Crippen molar-refractivity contribution in [3.63, 3.8) is 0 Å². The molecule has 0 amide bonds. The number of aromatic nitrogens is 4. The number of fused-ring (bicyclic) bond motifs is 2. The molecule has 262 valence electrons. The van der Waals surface area contributed by atoms with E-state index >= 15 is 0 Å². The maximum Gasteiger partial charge on any atom is 0.164 e. The molecule has 1 aliphatic rings. The zero-order chi connectivity index (χ0) is 36.6. The molecule has 3 aromatic heterocycles. The third-order valence-electron chi connectivity index (χ3n) is 9.91. The molecule has 1 atom stereocenters. The molecular weight excluding hydrogens is 681 g/mol. The average Bonchev–Trinajstić information content (AvgIpc) is 3.90. The van der Waals surface area contributed by atoms with Crippen LogP contribution in [0, 0.1) is 0 Å². The summed E-state index contributed by atoms with van der Waals surface area (Å²) in [5.41, 5.74) is 10.8. The lowest BCUT2D eigenvalue weighted by molar-refractivity contribution is 0.239. The van der Waals surface area contributed by atoms with Crippen molar-refractivity contribution in [2.24, 2.45) is 0 Å². The second kappa shape index (κ2) is 13.9. The summed E-state index contributed by atoms with van der Waals surface area (Å²) in [6.45, 7) is 0. The third kappa shape index (κ3) is 6.38. The molecule has 6 aromatic carbocycles. The number of nitrogens with zero attached hydrogens (tertiary/aromatic N) is 4. The van der Waals surface area contributed by atoms with E-state index in [0.717, 1.165) is 73.4 Å². The first-order chi connectivity index (χ1) is 27.2. The van der Waals surface area contributed by atoms with Crippen molar-refractivity contribution in [1.29, 1.82) is 0 Å². The van der Waals surface area contributed by atoms with Gasteiger partial charge in [0.25, 0.3) is 0 Å². The third-order valence-corrected chi connectivity index (χ3v) is 9.91. The van der Waals surface area contributed by atoms with Crippen molar-refractivity contribution in [3.8, 4) is 73.3 Å². The lowest BCUT2D eigenvalue weighted by Gasteiger charge is -2.15. The van der Waals surface area contributed by atoms with Crippen molar-refractivity contribution < 1.29 is 13.9 Å². The Kier molecular flexibility index (Phi) is 8.15. The molecule has 1 unspecified atom stereocenters. The van der Waals surface area contributed by atoms with Crippen LogP contribution >= 0.6 is 0 Å². The Morgan fingerprint density at radius 3 is 1.65 bits per heavy atom. The minimum absolute atomic E-state index is 0.112. The molecule has 7 heteroatoms. The van der Waals surface area contributed by atoms with E-state index in [4.69, 9.17) is 13.9 Å². The topological polar surface area (TPSA) is 83.2 Å². The van der Waals surface area contributed by atoms with E-state index in [1.54, 1.807) is 6.20 Å². The minimum atomic E-state index is -0.112. The molecule has 0 aliphatic carbocycles. The number of rotatable bonds is 8. The molecule has 0 bridgehead atoms. The standard InChI is InChI=1S/C48H32N4O3/c1-5-13-31(14-6-1)35-21-37(45-47-39(29-49-51-45)27-43(54-47)33-17-9-3-10-18-33)25-41(23-35)53-42-24-36(32-15-7-2-8-16-32)22-38(26-42)46-48-40(30-50-52-46)28-44(55-48)34-19-11-4-12-20-34/h1-27,29-30,44H,28H2. The average molecular weight is 713 g/mol. The Balaban J connectivity index is 1.09. The first kappa shape index (κ1) is 32.3. The van der Waals surface area contributed by atoms with Gasteiger partial charge in [-0.15, -0.1) is 10.2 Å². The summed E-state index contributed by atoms with van der Waals surface area (Å²) in [5, 5.41) is 18.9. The van der Waals surface area contributed by atoms with Crippen LogP contribution in [0.2, 0.25) is 0 Å². The predicted octanol–water partition coefficient (Wildman–Crippen LogP) is 11.8. The molecule has 4 heterocycles. The molecule has 0 saturated heterocycles. The minimum Gasteiger partial charge on any atom is -0.483 e. The van der Waals surface area contributed by atoms with E-state index < -0.39 is 0 Å². The molecule has 7 nitrogen and oxygen atoms in total. The van der Waals surface area contributed by atoms with Gasteiger partial charge >= 0.3 is 0 Å². The quantitative estimate of drug-likeness (QED) is 0.155. The highest BCUT2D eigenvalue weighted by molar-refractivity contribution is 5.93. The van der Waals surface area contributed by atoms with Gasteiger partial charge in [-0.3, -0.25) is 0 Å². The first-order valence-corrected chi connectivity index (χ1v) is 18.2. The molecule has 0 N–H and O–H groups in total. The molecule has 55 heavy (non-hydrogen) atoms. The predicted molar refractivity (Wildman–Crippen MR) is 215 cm³/mol. The number of hydrogen-bond acceptors (Lipinski definition) is 7. The molecule has 0 fully saturated rings. The summed E-state index contributed by atoms with van der Waals surface area (Å²) in [4.78, 5) is 0. The SMILES string of the molecule is c1ccc(-c2cc(Oc3cc(-c4ccccc4)cc(-c4nncc5cc(-c6ccccc6)oc45)c3)cc(-c3nncc4c3OC(c3ccccc3)C4)c2)cc1. The van der Waals surface area contributed by atoms with E-state index in [1.807, 2.05) is 115 Å². The van der Waals surface area contributed by atoms with Crippen LogP contribution in [0.25, 0.3) is 67.1 Å². The van der Waals surface area contributed by atoms with Gasteiger partial charge < -0.3 is 13.9 Å². The highest BCUT2D eigenvalue weighted by Gasteiger charge is 2.29. The van der Waals surface area contributed by atoms with Gasteiger partial charge in [-0.1, -0.05) is 121 Å². The Labute approximate surface area is 317 Å². The smallest absolute Gasteiger partial charge is 0.164 e. The monoisotopic (exact) mass is 712 g/mol. The second-order valence-corrected chi connectivity index (χ2v) is 13.5. The van der Waals surface area contributed by atoms with E-state index in [2.05, 4.69) is 75.0 Å². The van der Waals surface area contributed by atoms with Crippen LogP contribution in [0.5, 0.6) is 17.2 Å². The fourth-order valence-electron chi connectivity index (χ4n) is 7.25. The van der Waals surface area contributed by atoms with Crippen LogP contribution in [-0.4, -0.2) is 20.4 Å². The number of furan rings is 1. The maximum absolute atomic E-state index is 6.86. The molecule has 1 aliphatic heterocycles. The van der Waals surface area contributed by atoms with Crippen LogP contribution < -0.4 is 9.47 Å². The van der Waals surface area contributed by atoms with Crippen LogP contribution in [-0.2, 0) is 6.42 Å². The summed E-state index contributed by atoms with van der Waals surface area (Å²) in [6, 6.07) is 55.1. The van der Waals surface area contributed by atoms with E-state index in [0.29, 0.717) is 28.5 Å². The maximum atomic E-state index is 6.86. The highest BCUT2D eigenvalue weighted by atomic mass is 16.5. The molecule has 0 radical (unpaired) electrons. The van der Waals surface area contributed by atoms with Crippen molar-refractivity contribution in [1.82, 2.24) is 20.4 Å². The number of hydrogen-bond donors (Lipinski definition) is 0. The van der Waals surface area contributed by atoms with Gasteiger partial charge in [-0.2, -0.15) is 10.2 Å². The fourth-order valence-corrected chi connectivity index (χ4v) is 7.25. The Hall–Kier alpha value is -7.38. The Morgan fingerprint density at radius 2 is 1.02 bits per heavy atom. The van der Waals surface area contributed by atoms with Gasteiger partial charge in [0.1, 0.15) is 34.8 Å². The lowest BCUT2D eigenvalue weighted by atomic mass is 9.99. The van der Waals surface area contributed by atoms with Crippen LogP contribution in [0.1, 0.15) is 17.2 Å². The zero-order valence-electron chi connectivity index (χ0n) is 29.5. The lowest BCUT2D eigenvalue weighted by Crippen LogP contribution is -2.02. The van der Waals surface area contributed by atoms with Crippen molar-refractivity contribution >= 4 is 11.0 Å². The largest absolute Gasteiger partial charge is 0.483 e. The normalized spacial score (nSPS) is 13.3. The summed E-state index contributed by atoms with van der Waals surface area (Å²) in [7, 11) is 0. The number of benzene rings is 6. The van der Waals surface area contributed by atoms with Crippen molar-refractivity contribution in [3.05, 3.63) is 187 Å². The summed E-state index contributed by atoms with van der Waals surface area (Å²) in [6.07, 6.45) is 4.15. The first-order valence-electron chi connectivity index (χ1n) is 18.2. The van der Waals surface area contributed by atoms with Crippen molar-refractivity contribution in [2.75, 3.05) is 0 Å². The molecule has 0 saturated carbocycles. The van der Waals surface area contributed by atoms with Crippen LogP contribution in [0.3, 0.4) is 0 Å². The highest BCUT2D eigenvalue weighted by Crippen LogP contribution is 2.44. The second-order valence-electron chi connectivity index (χ2n) is 13.5. The summed E-state index contributed by atoms with van der Waals surface area (Å²) < 4.78 is 19.9. The Bertz CT molecular complexity index is 2790. The molecule has 9 aromatic rings. The van der Waals surface area contributed by atoms with E-state index in [1.165, 1.54) is 0 Å². The van der Waals surface area contributed by atoms with Crippen LogP contribution in [0.15, 0.2) is 181 Å². The van der Waals surface area contributed by atoms with E-state index in [-0.39, 0.29) is 6.10 Å². The van der Waals surface area contributed by atoms with Gasteiger partial charge in [0, 0.05) is 34.1 Å². The van der Waals surface area contributed by atoms with Crippen LogP contribution in [0.4, 0.5) is 0 Å². The van der Waals surface area contributed by atoms with Gasteiger partial charge in [0.05, 0.1) is 12.4 Å². The molecule has 0 spiro atoms. The summed E-state index contributed by atoms with van der Waals surface area (Å²) in [5.74, 6) is 2.76. The fraction of sp³-hybridized carbons (Fsp3) is 0.0417. The van der Waals surface area contributed by atoms with Gasteiger partial charge in [0.2, 0.25) is 0 Å². The zero-order valence-corrected chi connectivity index (χ0v) is 29.5.